The molecule has 8 nitrogen and oxygen atoms in total. The monoisotopic (exact) mass is 356 g/mol. The average Bonchev–Trinajstić information content (AvgIpc) is 2.69. The van der Waals surface area contributed by atoms with E-state index >= 15 is 0 Å². The van der Waals surface area contributed by atoms with Gasteiger partial charge in [0.15, 0.2) is 14.4 Å². The Labute approximate surface area is 112 Å². The van der Waals surface area contributed by atoms with Crippen LogP contribution in [0.25, 0.3) is 0 Å². The van der Waals surface area contributed by atoms with E-state index in [0.29, 0.717) is 0 Å². The lowest BCUT2D eigenvalue weighted by molar-refractivity contribution is 0.555. The van der Waals surface area contributed by atoms with Gasteiger partial charge in [-0.3, -0.25) is 0 Å². The number of sulfonamides is 1. The number of halogens is 1. The fraction of sp³-hybridized carbons (Fsp3) is 0.429. The predicted octanol–water partition coefficient (Wildman–Crippen LogP) is -0.833. The van der Waals surface area contributed by atoms with Crippen LogP contribution < -0.4 is 4.72 Å². The Morgan fingerprint density at radius 2 is 2.22 bits per heavy atom. The first-order valence-corrected chi connectivity index (χ1v) is 8.69. The molecule has 1 aromatic heterocycles. The minimum Gasteiger partial charge on any atom is -0.235 e. The largest absolute Gasteiger partial charge is 0.261 e. The van der Waals surface area contributed by atoms with Crippen molar-refractivity contribution in [2.45, 2.75) is 11.1 Å². The van der Waals surface area contributed by atoms with Gasteiger partial charge in [0, 0.05) is 12.5 Å². The number of nitrogens with one attached hydrogen (secondary N) is 1. The molecule has 100 valence electrons. The maximum Gasteiger partial charge on any atom is 0.261 e. The van der Waals surface area contributed by atoms with Crippen molar-refractivity contribution in [1.82, 2.24) is 19.7 Å². The normalized spacial score (nSPS) is 22.4. The summed E-state index contributed by atoms with van der Waals surface area (Å²) >= 11 is 2.97. The summed E-state index contributed by atoms with van der Waals surface area (Å²) in [5, 5.41) is 7.95. The van der Waals surface area contributed by atoms with Crippen LogP contribution in [0.3, 0.4) is 0 Å². The Morgan fingerprint density at radius 3 is 2.67 bits per heavy atom. The van der Waals surface area contributed by atoms with Crippen LogP contribution in [0.1, 0.15) is 0 Å². The van der Waals surface area contributed by atoms with Gasteiger partial charge in [-0.2, -0.15) is 0 Å². The molecule has 1 unspecified atom stereocenters. The van der Waals surface area contributed by atoms with Crippen molar-refractivity contribution < 1.29 is 16.8 Å². The van der Waals surface area contributed by atoms with E-state index in [-0.39, 0.29) is 15.4 Å². The molecule has 1 N–H and O–H groups in total. The Hall–Kier alpha value is -0.780. The van der Waals surface area contributed by atoms with E-state index < -0.39 is 25.9 Å². The van der Waals surface area contributed by atoms with Crippen molar-refractivity contribution >= 4 is 35.8 Å². The highest BCUT2D eigenvalue weighted by Gasteiger charge is 2.30. The number of aryl methyl sites for hydroxylation is 1. The van der Waals surface area contributed by atoms with Crippen LogP contribution in [0.4, 0.5) is 0 Å². The summed E-state index contributed by atoms with van der Waals surface area (Å²) in [5.41, 5.74) is 0. The summed E-state index contributed by atoms with van der Waals surface area (Å²) in [6.45, 7) is 0. The summed E-state index contributed by atoms with van der Waals surface area (Å²) in [6.07, 6.45) is 1.30. The van der Waals surface area contributed by atoms with Gasteiger partial charge in [-0.15, -0.1) is 5.10 Å². The highest BCUT2D eigenvalue weighted by Crippen LogP contribution is 2.19. The molecule has 0 saturated heterocycles. The molecule has 0 fully saturated rings. The summed E-state index contributed by atoms with van der Waals surface area (Å²) < 4.78 is 49.9. The lowest BCUT2D eigenvalue weighted by Gasteiger charge is -2.10. The van der Waals surface area contributed by atoms with E-state index in [1.54, 1.807) is 0 Å². The molecule has 1 aromatic rings. The van der Waals surface area contributed by atoms with Crippen molar-refractivity contribution in [2.24, 2.45) is 7.05 Å². The van der Waals surface area contributed by atoms with Crippen LogP contribution in [0, 0.1) is 0 Å². The summed E-state index contributed by atoms with van der Waals surface area (Å²) in [7, 11) is -5.78. The molecule has 0 aliphatic carbocycles. The molecule has 0 saturated carbocycles. The zero-order valence-electron chi connectivity index (χ0n) is 9.11. The number of nitrogens with zero attached hydrogens (tertiary/aromatic N) is 3. The van der Waals surface area contributed by atoms with Gasteiger partial charge >= 0.3 is 0 Å². The highest BCUT2D eigenvalue weighted by molar-refractivity contribution is 9.10. The van der Waals surface area contributed by atoms with Crippen molar-refractivity contribution in [2.75, 3.05) is 5.75 Å². The van der Waals surface area contributed by atoms with Crippen LogP contribution >= 0.6 is 15.9 Å². The van der Waals surface area contributed by atoms with Gasteiger partial charge in [0.1, 0.15) is 0 Å². The standard InChI is InChI=1S/C7H9BrN4O4S2/c1-12-7(6(8)9-11-12)18(15,16)10-5-2-3-17(13,14)4-5/h2-3,5,10H,4H2,1H3. The Bertz CT molecular complexity index is 686. The molecule has 0 aromatic carbocycles. The van der Waals surface area contributed by atoms with E-state index in [0.717, 1.165) is 10.1 Å². The smallest absolute Gasteiger partial charge is 0.235 e. The van der Waals surface area contributed by atoms with Crippen molar-refractivity contribution in [1.29, 1.82) is 0 Å². The minimum atomic E-state index is -3.89. The Kier molecular flexibility index (Phi) is 3.34. The van der Waals surface area contributed by atoms with Crippen molar-refractivity contribution in [3.63, 3.8) is 0 Å². The number of sulfone groups is 1. The SMILES string of the molecule is Cn1nnc(Br)c1S(=O)(=O)NC1C=CS(=O)(=O)C1. The zero-order valence-corrected chi connectivity index (χ0v) is 12.3. The zero-order chi connectivity index (χ0) is 13.6. The summed E-state index contributed by atoms with van der Waals surface area (Å²) in [6, 6.07) is -0.776. The summed E-state index contributed by atoms with van der Waals surface area (Å²) in [4.78, 5) is 0. The third-order valence-corrected chi connectivity index (χ3v) is 6.00. The molecule has 1 aliphatic heterocycles. The van der Waals surface area contributed by atoms with Gasteiger partial charge in [-0.1, -0.05) is 11.3 Å². The van der Waals surface area contributed by atoms with Crippen molar-refractivity contribution in [3.8, 4) is 0 Å². The van der Waals surface area contributed by atoms with Gasteiger partial charge in [0.25, 0.3) is 10.0 Å². The van der Waals surface area contributed by atoms with E-state index in [2.05, 4.69) is 31.0 Å². The van der Waals surface area contributed by atoms with Gasteiger partial charge in [-0.25, -0.2) is 26.2 Å². The molecule has 0 radical (unpaired) electrons. The molecule has 1 aliphatic rings. The molecule has 0 spiro atoms. The fourth-order valence-electron chi connectivity index (χ4n) is 1.51. The topological polar surface area (TPSA) is 111 Å². The van der Waals surface area contributed by atoms with Crippen LogP contribution in [0.15, 0.2) is 21.1 Å². The fourth-order valence-corrected chi connectivity index (χ4v) is 5.14. The van der Waals surface area contributed by atoms with Gasteiger partial charge < -0.3 is 0 Å². The molecule has 2 heterocycles. The average molecular weight is 357 g/mol. The number of aromatic nitrogens is 3. The Morgan fingerprint density at radius 1 is 1.56 bits per heavy atom. The van der Waals surface area contributed by atoms with Crippen LogP contribution in [-0.2, 0) is 26.9 Å². The first kappa shape index (κ1) is 13.6. The van der Waals surface area contributed by atoms with Crippen molar-refractivity contribution in [3.05, 3.63) is 16.1 Å². The molecule has 0 amide bonds. The van der Waals surface area contributed by atoms with Gasteiger partial charge in [-0.05, 0) is 15.9 Å². The minimum absolute atomic E-state index is 0.0716. The van der Waals surface area contributed by atoms with E-state index in [1.165, 1.54) is 13.1 Å². The molecule has 0 bridgehead atoms. The number of hydrogen-bond donors (Lipinski definition) is 1. The third-order valence-electron chi connectivity index (χ3n) is 2.23. The molecule has 18 heavy (non-hydrogen) atoms. The molecular weight excluding hydrogens is 348 g/mol. The van der Waals surface area contributed by atoms with Crippen LogP contribution in [0.2, 0.25) is 0 Å². The van der Waals surface area contributed by atoms with E-state index in [4.69, 9.17) is 0 Å². The lowest BCUT2D eigenvalue weighted by Crippen LogP contribution is -2.36. The van der Waals surface area contributed by atoms with Gasteiger partial charge in [0.2, 0.25) is 5.03 Å². The first-order valence-electron chi connectivity index (χ1n) is 4.70. The van der Waals surface area contributed by atoms with E-state index in [1.807, 2.05) is 0 Å². The quantitative estimate of drug-likeness (QED) is 0.756. The molecule has 11 heteroatoms. The molecular formula is C7H9BrN4O4S2. The first-order chi connectivity index (χ1) is 8.21. The second-order valence-corrected chi connectivity index (χ2v) is 8.01. The lowest BCUT2D eigenvalue weighted by atomic mass is 10.4. The second-order valence-electron chi connectivity index (χ2n) is 3.69. The highest BCUT2D eigenvalue weighted by atomic mass is 79.9. The molecule has 2 rings (SSSR count). The van der Waals surface area contributed by atoms with Crippen LogP contribution in [-0.4, -0.2) is 43.6 Å². The second kappa shape index (κ2) is 4.40. The van der Waals surface area contributed by atoms with E-state index in [9.17, 15) is 16.8 Å². The number of rotatable bonds is 3. The maximum absolute atomic E-state index is 12.0. The molecule has 1 atom stereocenters. The van der Waals surface area contributed by atoms with Crippen LogP contribution in [0.5, 0.6) is 0 Å². The third kappa shape index (κ3) is 2.63. The summed E-state index contributed by atoms with van der Waals surface area (Å²) in [5.74, 6) is -0.283. The maximum atomic E-state index is 12.0. The predicted molar refractivity (Wildman–Crippen MR) is 65.7 cm³/mol. The Balaban J connectivity index is 2.27. The van der Waals surface area contributed by atoms with Gasteiger partial charge in [0.05, 0.1) is 11.8 Å². The number of hydrogen-bond acceptors (Lipinski definition) is 6.